The molecule has 0 spiro atoms. The van der Waals surface area contributed by atoms with Crippen LogP contribution in [0.1, 0.15) is 17.3 Å². The molecule has 1 aromatic heterocycles. The molecule has 1 amide bonds. The Morgan fingerprint density at radius 3 is 2.48 bits per heavy atom. The fraction of sp³-hybridized carbons (Fsp3) is 0.136. The second kappa shape index (κ2) is 8.83. The first-order valence-electron chi connectivity index (χ1n) is 9.43. The van der Waals surface area contributed by atoms with Crippen molar-refractivity contribution < 1.29 is 14.3 Å². The van der Waals surface area contributed by atoms with Crippen LogP contribution < -0.4 is 14.8 Å². The van der Waals surface area contributed by atoms with Crippen LogP contribution in [0.3, 0.4) is 0 Å². The summed E-state index contributed by atoms with van der Waals surface area (Å²) >= 11 is 12.2. The quantitative estimate of drug-likeness (QED) is 0.420. The molecule has 0 fully saturated rings. The summed E-state index contributed by atoms with van der Waals surface area (Å²) < 4.78 is 10.7. The Bertz CT molecular complexity index is 1260. The molecule has 1 N–H and O–H groups in total. The third kappa shape index (κ3) is 4.42. The molecule has 0 aliphatic rings. The lowest BCUT2D eigenvalue weighted by atomic mass is 10.1. The van der Waals surface area contributed by atoms with E-state index in [0.717, 1.165) is 11.4 Å². The van der Waals surface area contributed by atoms with Crippen LogP contribution in [0.5, 0.6) is 11.5 Å². The van der Waals surface area contributed by atoms with Gasteiger partial charge in [-0.3, -0.25) is 4.79 Å². The van der Waals surface area contributed by atoms with Crippen molar-refractivity contribution in [3.8, 4) is 17.2 Å². The molecule has 0 aliphatic carbocycles. The minimum Gasteiger partial charge on any atom is -0.494 e. The van der Waals surface area contributed by atoms with Gasteiger partial charge in [-0.2, -0.15) is 4.80 Å². The van der Waals surface area contributed by atoms with E-state index in [2.05, 4.69) is 15.5 Å². The molecular weight excluding hydrogens is 439 g/mol. The van der Waals surface area contributed by atoms with E-state index >= 15 is 0 Å². The normalized spacial score (nSPS) is 10.8. The van der Waals surface area contributed by atoms with Crippen LogP contribution in [0.2, 0.25) is 10.0 Å². The average Bonchev–Trinajstić information content (AvgIpc) is 3.17. The number of nitrogens with zero attached hydrogens (tertiary/aromatic N) is 3. The zero-order valence-electron chi connectivity index (χ0n) is 16.7. The first-order valence-corrected chi connectivity index (χ1v) is 10.2. The monoisotopic (exact) mass is 456 g/mol. The number of halogens is 2. The zero-order chi connectivity index (χ0) is 22.0. The highest BCUT2D eigenvalue weighted by Gasteiger charge is 2.17. The molecule has 0 unspecified atom stereocenters. The number of aromatic nitrogens is 3. The van der Waals surface area contributed by atoms with Gasteiger partial charge in [0, 0.05) is 10.7 Å². The van der Waals surface area contributed by atoms with Gasteiger partial charge in [-0.15, -0.1) is 10.2 Å². The topological polar surface area (TPSA) is 78.3 Å². The number of anilines is 1. The van der Waals surface area contributed by atoms with Gasteiger partial charge in [0.25, 0.3) is 5.91 Å². The minimum atomic E-state index is -0.403. The summed E-state index contributed by atoms with van der Waals surface area (Å²) in [5.41, 5.74) is 2.90. The van der Waals surface area contributed by atoms with E-state index in [0.29, 0.717) is 28.4 Å². The predicted molar refractivity (Wildman–Crippen MR) is 121 cm³/mol. The third-order valence-electron chi connectivity index (χ3n) is 4.47. The van der Waals surface area contributed by atoms with Crippen molar-refractivity contribution in [3.63, 3.8) is 0 Å². The fourth-order valence-electron chi connectivity index (χ4n) is 3.09. The Labute approximate surface area is 188 Å². The van der Waals surface area contributed by atoms with Gasteiger partial charge in [-0.25, -0.2) is 0 Å². The van der Waals surface area contributed by atoms with E-state index in [1.807, 2.05) is 31.2 Å². The molecule has 1 heterocycles. The van der Waals surface area contributed by atoms with E-state index in [1.54, 1.807) is 18.2 Å². The molecule has 9 heteroatoms. The van der Waals surface area contributed by atoms with Crippen LogP contribution in [0.15, 0.2) is 54.6 Å². The van der Waals surface area contributed by atoms with Crippen LogP contribution in [0, 0.1) is 0 Å². The Morgan fingerprint density at radius 1 is 1.03 bits per heavy atom. The van der Waals surface area contributed by atoms with Crippen molar-refractivity contribution in [3.05, 3.63) is 70.2 Å². The summed E-state index contributed by atoms with van der Waals surface area (Å²) in [7, 11) is 1.44. The van der Waals surface area contributed by atoms with Gasteiger partial charge in [-0.1, -0.05) is 23.2 Å². The van der Waals surface area contributed by atoms with Gasteiger partial charge in [0.1, 0.15) is 22.5 Å². The summed E-state index contributed by atoms with van der Waals surface area (Å²) in [6, 6.07) is 15.8. The number of amides is 1. The maximum absolute atomic E-state index is 12.8. The molecule has 0 radical (unpaired) electrons. The van der Waals surface area contributed by atoms with Crippen LogP contribution in [-0.4, -0.2) is 34.6 Å². The van der Waals surface area contributed by atoms with E-state index in [9.17, 15) is 4.79 Å². The van der Waals surface area contributed by atoms with Gasteiger partial charge >= 0.3 is 0 Å². The molecule has 4 rings (SSSR count). The van der Waals surface area contributed by atoms with E-state index in [1.165, 1.54) is 24.0 Å². The van der Waals surface area contributed by atoms with Crippen LogP contribution in [0.4, 0.5) is 5.69 Å². The SMILES string of the molecule is CCOc1ccc(-n2nc3ccc(NC(=O)c4cc(Cl)cc(Cl)c4OC)cc3n2)cc1. The molecule has 0 saturated heterocycles. The molecule has 3 aromatic carbocycles. The molecule has 31 heavy (non-hydrogen) atoms. The van der Waals surface area contributed by atoms with Gasteiger partial charge in [0.15, 0.2) is 0 Å². The number of nitrogens with one attached hydrogen (secondary N) is 1. The Kier molecular flexibility index (Phi) is 5.97. The fourth-order valence-corrected chi connectivity index (χ4v) is 3.66. The summed E-state index contributed by atoms with van der Waals surface area (Å²) in [4.78, 5) is 14.3. The summed E-state index contributed by atoms with van der Waals surface area (Å²) in [5.74, 6) is 0.634. The number of benzene rings is 3. The van der Waals surface area contributed by atoms with E-state index < -0.39 is 5.91 Å². The smallest absolute Gasteiger partial charge is 0.259 e. The first kappa shape index (κ1) is 21.0. The Balaban J connectivity index is 1.59. The van der Waals surface area contributed by atoms with Gasteiger partial charge in [-0.05, 0) is 61.5 Å². The molecule has 4 aromatic rings. The Hall–Kier alpha value is -3.29. The third-order valence-corrected chi connectivity index (χ3v) is 4.97. The maximum atomic E-state index is 12.8. The van der Waals surface area contributed by atoms with Crippen LogP contribution in [-0.2, 0) is 0 Å². The lowest BCUT2D eigenvalue weighted by molar-refractivity contribution is 0.102. The van der Waals surface area contributed by atoms with Crippen molar-refractivity contribution in [2.75, 3.05) is 19.0 Å². The van der Waals surface area contributed by atoms with Crippen molar-refractivity contribution >= 4 is 45.8 Å². The number of carbonyl (C=O) groups excluding carboxylic acids is 1. The lowest BCUT2D eigenvalue weighted by Gasteiger charge is -2.11. The molecule has 0 saturated carbocycles. The van der Waals surface area contributed by atoms with Crippen LogP contribution >= 0.6 is 23.2 Å². The number of hydrogen-bond acceptors (Lipinski definition) is 5. The number of ether oxygens (including phenoxy) is 2. The highest BCUT2D eigenvalue weighted by Crippen LogP contribution is 2.32. The summed E-state index contributed by atoms with van der Waals surface area (Å²) in [6.45, 7) is 2.54. The van der Waals surface area contributed by atoms with Crippen molar-refractivity contribution in [2.45, 2.75) is 6.92 Å². The maximum Gasteiger partial charge on any atom is 0.259 e. The van der Waals surface area contributed by atoms with Gasteiger partial charge in [0.2, 0.25) is 0 Å². The summed E-state index contributed by atoms with van der Waals surface area (Å²) in [5, 5.41) is 12.4. The number of carbonyl (C=O) groups is 1. The zero-order valence-corrected chi connectivity index (χ0v) is 18.2. The van der Waals surface area contributed by atoms with Gasteiger partial charge < -0.3 is 14.8 Å². The number of hydrogen-bond donors (Lipinski definition) is 1. The van der Waals surface area contributed by atoms with Gasteiger partial charge in [0.05, 0.1) is 30.0 Å². The molecule has 0 bridgehead atoms. The molecule has 0 aliphatic heterocycles. The average molecular weight is 457 g/mol. The molecular formula is C22H18Cl2N4O3. The predicted octanol–water partition coefficient (Wildman–Crippen LogP) is 5.39. The standard InChI is InChI=1S/C22H18Cl2N4O3/c1-3-31-16-7-5-15(6-8-16)28-26-19-9-4-14(12-20(19)27-28)25-22(29)17-10-13(23)11-18(24)21(17)30-2/h4-12H,3H2,1-2H3,(H,25,29). The lowest BCUT2D eigenvalue weighted by Crippen LogP contribution is -2.13. The van der Waals surface area contributed by atoms with Crippen molar-refractivity contribution in [1.29, 1.82) is 0 Å². The first-order chi connectivity index (χ1) is 15.0. The molecule has 158 valence electrons. The van der Waals surface area contributed by atoms with Crippen molar-refractivity contribution in [1.82, 2.24) is 15.0 Å². The molecule has 0 atom stereocenters. The van der Waals surface area contributed by atoms with Crippen molar-refractivity contribution in [2.24, 2.45) is 0 Å². The highest BCUT2D eigenvalue weighted by atomic mass is 35.5. The second-order valence-electron chi connectivity index (χ2n) is 6.54. The minimum absolute atomic E-state index is 0.234. The number of methoxy groups -OCH3 is 1. The molecule has 7 nitrogen and oxygen atoms in total. The number of rotatable bonds is 6. The summed E-state index contributed by atoms with van der Waals surface area (Å²) in [6.07, 6.45) is 0. The van der Waals surface area contributed by atoms with E-state index in [-0.39, 0.29) is 16.3 Å². The highest BCUT2D eigenvalue weighted by molar-refractivity contribution is 6.36. The largest absolute Gasteiger partial charge is 0.494 e. The second-order valence-corrected chi connectivity index (χ2v) is 7.39. The van der Waals surface area contributed by atoms with Crippen LogP contribution in [0.25, 0.3) is 16.7 Å². The Morgan fingerprint density at radius 2 is 1.77 bits per heavy atom. The number of fused-ring (bicyclic) bond motifs is 1. The van der Waals surface area contributed by atoms with E-state index in [4.69, 9.17) is 32.7 Å².